The van der Waals surface area contributed by atoms with Gasteiger partial charge in [-0.3, -0.25) is 4.98 Å². The number of hydrogen-bond acceptors (Lipinski definition) is 2. The molecule has 0 spiro atoms. The SMILES string of the molecule is CCCC(CCC)C(NC)c1ccc(C)nc1. The highest BCUT2D eigenvalue weighted by Crippen LogP contribution is 2.29. The molecule has 1 aromatic rings. The molecule has 1 atom stereocenters. The van der Waals surface area contributed by atoms with E-state index in [-0.39, 0.29) is 0 Å². The van der Waals surface area contributed by atoms with Crippen LogP contribution >= 0.6 is 0 Å². The van der Waals surface area contributed by atoms with E-state index in [0.29, 0.717) is 6.04 Å². The second kappa shape index (κ2) is 7.44. The first-order valence-electron chi connectivity index (χ1n) is 6.82. The van der Waals surface area contributed by atoms with E-state index in [1.165, 1.54) is 31.2 Å². The Hall–Kier alpha value is -0.890. The molecule has 1 N–H and O–H groups in total. The minimum absolute atomic E-state index is 0.447. The van der Waals surface area contributed by atoms with Gasteiger partial charge in [-0.1, -0.05) is 32.8 Å². The summed E-state index contributed by atoms with van der Waals surface area (Å²) in [4.78, 5) is 4.41. The summed E-state index contributed by atoms with van der Waals surface area (Å²) >= 11 is 0. The lowest BCUT2D eigenvalue weighted by Gasteiger charge is -2.26. The maximum atomic E-state index is 4.41. The molecule has 0 aliphatic rings. The molecular formula is C15H26N2. The average Bonchev–Trinajstić information content (AvgIpc) is 2.33. The molecule has 2 nitrogen and oxygen atoms in total. The van der Waals surface area contributed by atoms with Crippen molar-refractivity contribution in [3.63, 3.8) is 0 Å². The fourth-order valence-electron chi connectivity index (χ4n) is 2.56. The second-order valence-electron chi connectivity index (χ2n) is 4.84. The van der Waals surface area contributed by atoms with Crippen molar-refractivity contribution in [2.45, 2.75) is 52.5 Å². The third-order valence-corrected chi connectivity index (χ3v) is 3.39. The zero-order valence-electron chi connectivity index (χ0n) is 11.7. The Bertz CT molecular complexity index is 299. The summed E-state index contributed by atoms with van der Waals surface area (Å²) in [5.41, 5.74) is 2.41. The Morgan fingerprint density at radius 3 is 2.24 bits per heavy atom. The predicted molar refractivity (Wildman–Crippen MR) is 74.1 cm³/mol. The Labute approximate surface area is 106 Å². The van der Waals surface area contributed by atoms with Gasteiger partial charge in [0.05, 0.1) is 0 Å². The third-order valence-electron chi connectivity index (χ3n) is 3.39. The number of aryl methyl sites for hydroxylation is 1. The summed E-state index contributed by atoms with van der Waals surface area (Å²) in [5.74, 6) is 0.722. The van der Waals surface area contributed by atoms with Crippen LogP contribution in [0.15, 0.2) is 18.3 Å². The van der Waals surface area contributed by atoms with Gasteiger partial charge in [-0.25, -0.2) is 0 Å². The van der Waals surface area contributed by atoms with Crippen LogP contribution in [0.5, 0.6) is 0 Å². The van der Waals surface area contributed by atoms with Crippen LogP contribution in [-0.2, 0) is 0 Å². The normalized spacial score (nSPS) is 13.0. The lowest BCUT2D eigenvalue weighted by molar-refractivity contribution is 0.330. The van der Waals surface area contributed by atoms with Gasteiger partial charge in [0, 0.05) is 17.9 Å². The molecule has 96 valence electrons. The number of nitrogens with zero attached hydrogens (tertiary/aromatic N) is 1. The van der Waals surface area contributed by atoms with E-state index in [2.05, 4.69) is 43.3 Å². The van der Waals surface area contributed by atoms with Crippen LogP contribution < -0.4 is 5.32 Å². The van der Waals surface area contributed by atoms with E-state index in [1.54, 1.807) is 0 Å². The Morgan fingerprint density at radius 1 is 1.18 bits per heavy atom. The van der Waals surface area contributed by atoms with Crippen molar-refractivity contribution >= 4 is 0 Å². The van der Waals surface area contributed by atoms with Gasteiger partial charge in [0.15, 0.2) is 0 Å². The van der Waals surface area contributed by atoms with Crippen LogP contribution in [0, 0.1) is 12.8 Å². The van der Waals surface area contributed by atoms with Crippen LogP contribution in [0.1, 0.15) is 56.8 Å². The van der Waals surface area contributed by atoms with Gasteiger partial charge in [0.1, 0.15) is 0 Å². The zero-order valence-corrected chi connectivity index (χ0v) is 11.7. The van der Waals surface area contributed by atoms with Crippen molar-refractivity contribution in [3.8, 4) is 0 Å². The lowest BCUT2D eigenvalue weighted by Crippen LogP contribution is -2.25. The van der Waals surface area contributed by atoms with Gasteiger partial charge < -0.3 is 5.32 Å². The molecule has 0 aliphatic carbocycles. The summed E-state index contributed by atoms with van der Waals surface area (Å²) in [7, 11) is 2.06. The number of hydrogen-bond donors (Lipinski definition) is 1. The quantitative estimate of drug-likeness (QED) is 0.774. The van der Waals surface area contributed by atoms with Crippen LogP contribution in [0.25, 0.3) is 0 Å². The van der Waals surface area contributed by atoms with Crippen LogP contribution in [0.2, 0.25) is 0 Å². The molecule has 1 unspecified atom stereocenters. The number of nitrogens with one attached hydrogen (secondary N) is 1. The van der Waals surface area contributed by atoms with Crippen molar-refractivity contribution in [1.29, 1.82) is 0 Å². The molecular weight excluding hydrogens is 208 g/mol. The molecule has 0 bridgehead atoms. The molecule has 0 saturated heterocycles. The minimum Gasteiger partial charge on any atom is -0.313 e. The van der Waals surface area contributed by atoms with E-state index in [4.69, 9.17) is 0 Å². The fourth-order valence-corrected chi connectivity index (χ4v) is 2.56. The van der Waals surface area contributed by atoms with Crippen molar-refractivity contribution in [2.24, 2.45) is 5.92 Å². The predicted octanol–water partition coefficient (Wildman–Crippen LogP) is 3.87. The molecule has 0 aromatic carbocycles. The molecule has 1 rings (SSSR count). The first-order chi connectivity index (χ1) is 8.22. The van der Waals surface area contributed by atoms with Crippen molar-refractivity contribution in [3.05, 3.63) is 29.6 Å². The molecule has 0 radical (unpaired) electrons. The zero-order chi connectivity index (χ0) is 12.7. The molecule has 1 heterocycles. The smallest absolute Gasteiger partial charge is 0.0372 e. The van der Waals surface area contributed by atoms with E-state index in [0.717, 1.165) is 11.6 Å². The Kier molecular flexibility index (Phi) is 6.20. The maximum Gasteiger partial charge on any atom is 0.0372 e. The fraction of sp³-hybridized carbons (Fsp3) is 0.667. The van der Waals surface area contributed by atoms with Crippen molar-refractivity contribution in [2.75, 3.05) is 7.05 Å². The highest BCUT2D eigenvalue weighted by molar-refractivity contribution is 5.18. The average molecular weight is 234 g/mol. The van der Waals surface area contributed by atoms with Crippen LogP contribution in [0.3, 0.4) is 0 Å². The molecule has 1 aromatic heterocycles. The van der Waals surface area contributed by atoms with Crippen LogP contribution in [0.4, 0.5) is 0 Å². The monoisotopic (exact) mass is 234 g/mol. The standard InChI is InChI=1S/C15H26N2/c1-5-7-13(8-6-2)15(16-4)14-10-9-12(3)17-11-14/h9-11,13,15-16H,5-8H2,1-4H3. The Balaban J connectivity index is 2.83. The van der Waals surface area contributed by atoms with Crippen molar-refractivity contribution in [1.82, 2.24) is 10.3 Å². The highest BCUT2D eigenvalue weighted by atomic mass is 14.9. The molecule has 0 amide bonds. The largest absolute Gasteiger partial charge is 0.313 e. The second-order valence-corrected chi connectivity index (χ2v) is 4.84. The van der Waals surface area contributed by atoms with Gasteiger partial charge in [-0.2, -0.15) is 0 Å². The summed E-state index contributed by atoms with van der Waals surface area (Å²) in [6, 6.07) is 4.76. The van der Waals surface area contributed by atoms with E-state index in [9.17, 15) is 0 Å². The topological polar surface area (TPSA) is 24.9 Å². The van der Waals surface area contributed by atoms with E-state index in [1.807, 2.05) is 13.1 Å². The third kappa shape index (κ3) is 4.12. The summed E-state index contributed by atoms with van der Waals surface area (Å²) < 4.78 is 0. The molecule has 0 aliphatic heterocycles. The van der Waals surface area contributed by atoms with Crippen LogP contribution in [-0.4, -0.2) is 12.0 Å². The van der Waals surface area contributed by atoms with Gasteiger partial charge in [0.25, 0.3) is 0 Å². The molecule has 17 heavy (non-hydrogen) atoms. The number of rotatable bonds is 7. The molecule has 0 fully saturated rings. The summed E-state index contributed by atoms with van der Waals surface area (Å²) in [5, 5.41) is 3.47. The minimum atomic E-state index is 0.447. The van der Waals surface area contributed by atoms with Gasteiger partial charge in [-0.15, -0.1) is 0 Å². The molecule has 2 heteroatoms. The first-order valence-corrected chi connectivity index (χ1v) is 6.82. The lowest BCUT2D eigenvalue weighted by atomic mass is 9.87. The maximum absolute atomic E-state index is 4.41. The Morgan fingerprint density at radius 2 is 1.82 bits per heavy atom. The van der Waals surface area contributed by atoms with Crippen molar-refractivity contribution < 1.29 is 0 Å². The van der Waals surface area contributed by atoms with Gasteiger partial charge >= 0.3 is 0 Å². The molecule has 0 saturated carbocycles. The summed E-state index contributed by atoms with van der Waals surface area (Å²) in [6.45, 7) is 6.57. The summed E-state index contributed by atoms with van der Waals surface area (Å²) in [6.07, 6.45) is 7.10. The van der Waals surface area contributed by atoms with Gasteiger partial charge in [0.2, 0.25) is 0 Å². The van der Waals surface area contributed by atoms with Gasteiger partial charge in [-0.05, 0) is 44.4 Å². The number of pyridine rings is 1. The highest BCUT2D eigenvalue weighted by Gasteiger charge is 2.20. The van der Waals surface area contributed by atoms with E-state index < -0.39 is 0 Å². The first kappa shape index (κ1) is 14.2. The van der Waals surface area contributed by atoms with E-state index >= 15 is 0 Å². The number of aromatic nitrogens is 1.